The van der Waals surface area contributed by atoms with E-state index in [4.69, 9.17) is 9.47 Å². The second-order valence-corrected chi connectivity index (χ2v) is 12.2. The SMILES string of the molecule is COC(C)CCC(CC(=O)[C@@H](NC(=O)[C@H](C)N(C)C(=O)OC(C)(C)C)[C@H](C)O)C(=O)NC(c1ccccc1)c1ccccc1. The Morgan fingerprint density at radius 3 is 1.82 bits per heavy atom. The van der Waals surface area contributed by atoms with E-state index in [0.717, 1.165) is 16.0 Å². The van der Waals surface area contributed by atoms with Gasteiger partial charge in [-0.15, -0.1) is 0 Å². The van der Waals surface area contributed by atoms with Crippen LogP contribution in [0.25, 0.3) is 0 Å². The minimum absolute atomic E-state index is 0.143. The first kappa shape index (κ1) is 36.4. The second-order valence-electron chi connectivity index (χ2n) is 12.2. The minimum Gasteiger partial charge on any atom is -0.444 e. The molecular weight excluding hydrogens is 562 g/mol. The van der Waals surface area contributed by atoms with Gasteiger partial charge in [0.25, 0.3) is 0 Å². The number of rotatable bonds is 15. The second kappa shape index (κ2) is 16.9. The van der Waals surface area contributed by atoms with Crippen LogP contribution in [0.3, 0.4) is 0 Å². The Balaban J connectivity index is 2.26. The number of amides is 3. The normalized spacial score (nSPS) is 15.0. The molecule has 242 valence electrons. The van der Waals surface area contributed by atoms with Crippen molar-refractivity contribution in [1.29, 1.82) is 0 Å². The van der Waals surface area contributed by atoms with Gasteiger partial charge in [0.15, 0.2) is 5.78 Å². The Kier molecular flexibility index (Phi) is 14.0. The molecule has 0 saturated carbocycles. The van der Waals surface area contributed by atoms with Crippen LogP contribution in [0.2, 0.25) is 0 Å². The molecule has 3 amide bonds. The molecule has 0 aliphatic rings. The maximum Gasteiger partial charge on any atom is 0.410 e. The number of hydrogen-bond acceptors (Lipinski definition) is 7. The van der Waals surface area contributed by atoms with E-state index in [1.165, 1.54) is 20.9 Å². The Morgan fingerprint density at radius 2 is 1.36 bits per heavy atom. The summed E-state index contributed by atoms with van der Waals surface area (Å²) in [5, 5.41) is 16.2. The average Bonchev–Trinajstić information content (AvgIpc) is 2.99. The van der Waals surface area contributed by atoms with E-state index in [1.54, 1.807) is 27.9 Å². The monoisotopic (exact) mass is 611 g/mol. The molecule has 0 bridgehead atoms. The fourth-order valence-electron chi connectivity index (χ4n) is 4.57. The number of ketones is 1. The molecule has 0 radical (unpaired) electrons. The molecule has 44 heavy (non-hydrogen) atoms. The third kappa shape index (κ3) is 11.4. The highest BCUT2D eigenvalue weighted by Crippen LogP contribution is 2.25. The lowest BCUT2D eigenvalue weighted by molar-refractivity contribution is -0.135. The number of aliphatic hydroxyl groups is 1. The molecule has 3 N–H and O–H groups in total. The fraction of sp³-hybridized carbons (Fsp3) is 0.529. The van der Waals surface area contributed by atoms with E-state index in [1.807, 2.05) is 67.6 Å². The van der Waals surface area contributed by atoms with Crippen LogP contribution in [-0.2, 0) is 23.9 Å². The molecule has 2 aromatic carbocycles. The van der Waals surface area contributed by atoms with Crippen molar-refractivity contribution in [3.8, 4) is 0 Å². The third-order valence-corrected chi connectivity index (χ3v) is 7.46. The number of carbonyl (C=O) groups is 4. The van der Waals surface area contributed by atoms with Gasteiger partial charge in [0.1, 0.15) is 17.7 Å². The molecular formula is C34H49N3O7. The van der Waals surface area contributed by atoms with Crippen molar-refractivity contribution in [3.05, 3.63) is 71.8 Å². The summed E-state index contributed by atoms with van der Waals surface area (Å²) in [6.07, 6.45) is -1.43. The molecule has 0 fully saturated rings. The first-order valence-electron chi connectivity index (χ1n) is 15.0. The molecule has 5 atom stereocenters. The van der Waals surface area contributed by atoms with E-state index in [-0.39, 0.29) is 18.4 Å². The molecule has 0 aliphatic carbocycles. The topological polar surface area (TPSA) is 134 Å². The first-order valence-corrected chi connectivity index (χ1v) is 15.0. The third-order valence-electron chi connectivity index (χ3n) is 7.46. The molecule has 0 heterocycles. The predicted octanol–water partition coefficient (Wildman–Crippen LogP) is 4.40. The van der Waals surface area contributed by atoms with Crippen molar-refractivity contribution in [2.45, 2.75) is 96.7 Å². The first-order chi connectivity index (χ1) is 20.6. The summed E-state index contributed by atoms with van der Waals surface area (Å²) in [7, 11) is 3.00. The van der Waals surface area contributed by atoms with Crippen LogP contribution >= 0.6 is 0 Å². The predicted molar refractivity (Wildman–Crippen MR) is 169 cm³/mol. The smallest absolute Gasteiger partial charge is 0.410 e. The number of ether oxygens (including phenoxy) is 2. The van der Waals surface area contributed by atoms with E-state index in [9.17, 15) is 24.3 Å². The van der Waals surface area contributed by atoms with Crippen molar-refractivity contribution in [3.63, 3.8) is 0 Å². The quantitative estimate of drug-likeness (QED) is 0.272. The van der Waals surface area contributed by atoms with Crippen LogP contribution in [-0.4, -0.2) is 77.7 Å². The van der Waals surface area contributed by atoms with Crippen molar-refractivity contribution >= 4 is 23.7 Å². The summed E-state index contributed by atoms with van der Waals surface area (Å²) >= 11 is 0. The van der Waals surface area contributed by atoms with Crippen LogP contribution in [0.5, 0.6) is 0 Å². The Labute approximate surface area is 261 Å². The van der Waals surface area contributed by atoms with Gasteiger partial charge in [-0.1, -0.05) is 60.7 Å². The maximum atomic E-state index is 13.8. The lowest BCUT2D eigenvalue weighted by Gasteiger charge is -2.30. The van der Waals surface area contributed by atoms with Crippen LogP contribution in [0.4, 0.5) is 4.79 Å². The molecule has 2 rings (SSSR count). The Bertz CT molecular complexity index is 1170. The molecule has 0 spiro atoms. The zero-order valence-corrected chi connectivity index (χ0v) is 27.2. The zero-order chi connectivity index (χ0) is 33.0. The van der Waals surface area contributed by atoms with Gasteiger partial charge in [-0.05, 0) is 65.5 Å². The fourth-order valence-corrected chi connectivity index (χ4v) is 4.57. The average molecular weight is 612 g/mol. The van der Waals surface area contributed by atoms with Gasteiger partial charge >= 0.3 is 6.09 Å². The summed E-state index contributed by atoms with van der Waals surface area (Å²) in [6.45, 7) is 9.93. The number of hydrogen-bond donors (Lipinski definition) is 3. The van der Waals surface area contributed by atoms with Crippen LogP contribution in [0.15, 0.2) is 60.7 Å². The molecule has 0 saturated heterocycles. The molecule has 0 aliphatic heterocycles. The molecule has 2 aromatic rings. The van der Waals surface area contributed by atoms with E-state index in [0.29, 0.717) is 12.8 Å². The van der Waals surface area contributed by atoms with Crippen molar-refractivity contribution in [2.24, 2.45) is 5.92 Å². The highest BCUT2D eigenvalue weighted by atomic mass is 16.6. The van der Waals surface area contributed by atoms with Crippen molar-refractivity contribution in [2.75, 3.05) is 14.2 Å². The number of likely N-dealkylation sites (N-methyl/N-ethyl adjacent to an activating group) is 1. The van der Waals surface area contributed by atoms with E-state index in [2.05, 4.69) is 10.6 Å². The van der Waals surface area contributed by atoms with Gasteiger partial charge < -0.3 is 25.2 Å². The minimum atomic E-state index is -1.29. The summed E-state index contributed by atoms with van der Waals surface area (Å²) in [5.41, 5.74) is 1.02. The number of nitrogens with zero attached hydrogens (tertiary/aromatic N) is 1. The molecule has 10 heteroatoms. The lowest BCUT2D eigenvalue weighted by atomic mass is 9.90. The number of carbonyl (C=O) groups excluding carboxylic acids is 4. The number of methoxy groups -OCH3 is 1. The van der Waals surface area contributed by atoms with Gasteiger partial charge in [-0.2, -0.15) is 0 Å². The van der Waals surface area contributed by atoms with Crippen molar-refractivity contribution < 1.29 is 33.8 Å². The summed E-state index contributed by atoms with van der Waals surface area (Å²) in [4.78, 5) is 54.1. The number of aliphatic hydroxyl groups excluding tert-OH is 1. The zero-order valence-electron chi connectivity index (χ0n) is 27.2. The molecule has 2 unspecified atom stereocenters. The lowest BCUT2D eigenvalue weighted by Crippen LogP contribution is -2.55. The van der Waals surface area contributed by atoms with Crippen LogP contribution in [0, 0.1) is 5.92 Å². The van der Waals surface area contributed by atoms with Gasteiger partial charge in [-0.3, -0.25) is 19.3 Å². The number of nitrogens with one attached hydrogen (secondary N) is 2. The van der Waals surface area contributed by atoms with Crippen LogP contribution in [0.1, 0.15) is 78.0 Å². The Morgan fingerprint density at radius 1 is 0.841 bits per heavy atom. The maximum absolute atomic E-state index is 13.8. The molecule has 10 nitrogen and oxygen atoms in total. The standard InChI is InChI=1S/C34H49N3O7/c1-22(43-8)19-20-27(32(41)36-30(25-15-11-9-12-16-25)26-17-13-10-14-18-26)21-28(39)29(24(3)38)35-31(40)23(2)37(7)33(42)44-34(4,5)6/h9-18,22-24,27,29-30,38H,19-21H2,1-8H3,(H,35,40)(H,36,41)/t22?,23-,24-,27?,29-/m0/s1. The van der Waals surface area contributed by atoms with Gasteiger partial charge in [0.2, 0.25) is 11.8 Å². The van der Waals surface area contributed by atoms with E-state index < -0.39 is 53.5 Å². The summed E-state index contributed by atoms with van der Waals surface area (Å²) in [6, 6.07) is 16.4. The highest BCUT2D eigenvalue weighted by Gasteiger charge is 2.34. The van der Waals surface area contributed by atoms with E-state index >= 15 is 0 Å². The summed E-state index contributed by atoms with van der Waals surface area (Å²) < 4.78 is 10.7. The van der Waals surface area contributed by atoms with Crippen LogP contribution < -0.4 is 10.6 Å². The highest BCUT2D eigenvalue weighted by molar-refractivity contribution is 5.94. The van der Waals surface area contributed by atoms with Gasteiger partial charge in [-0.25, -0.2) is 4.79 Å². The summed E-state index contributed by atoms with van der Waals surface area (Å²) in [5.74, 6) is -2.22. The Hall–Kier alpha value is -3.76. The van der Waals surface area contributed by atoms with Gasteiger partial charge in [0, 0.05) is 26.5 Å². The number of benzene rings is 2. The molecule has 0 aromatic heterocycles. The number of Topliss-reactive ketones (excluding diaryl/α,β-unsaturated/α-hetero) is 1. The van der Waals surface area contributed by atoms with Gasteiger partial charge in [0.05, 0.1) is 18.2 Å². The largest absolute Gasteiger partial charge is 0.444 e. The van der Waals surface area contributed by atoms with Crippen molar-refractivity contribution in [1.82, 2.24) is 15.5 Å².